The van der Waals surface area contributed by atoms with E-state index in [-0.39, 0.29) is 11.5 Å². The Bertz CT molecular complexity index is 1220. The van der Waals surface area contributed by atoms with Crippen molar-refractivity contribution in [3.8, 4) is 0 Å². The summed E-state index contributed by atoms with van der Waals surface area (Å²) in [5.41, 5.74) is 2.23. The summed E-state index contributed by atoms with van der Waals surface area (Å²) in [5.74, 6) is -0.136. The maximum Gasteiger partial charge on any atom is 0.276 e. The van der Waals surface area contributed by atoms with Crippen molar-refractivity contribution < 1.29 is 4.79 Å². The Labute approximate surface area is 147 Å². The number of amides is 1. The Hall–Kier alpha value is -3.48. The maximum absolute atomic E-state index is 13.1. The van der Waals surface area contributed by atoms with Gasteiger partial charge in [-0.15, -0.1) is 0 Å². The summed E-state index contributed by atoms with van der Waals surface area (Å²) in [6.45, 7) is 0.788. The van der Waals surface area contributed by atoms with Crippen LogP contribution in [0.4, 0.5) is 0 Å². The minimum absolute atomic E-state index is 0.0922. The molecule has 26 heavy (non-hydrogen) atoms. The van der Waals surface area contributed by atoms with E-state index in [1.165, 1.54) is 4.52 Å². The number of aromatic nitrogens is 4. The number of carbonyl (C=O) groups excluding carboxylic acids is 1. The lowest BCUT2D eigenvalue weighted by Gasteiger charge is -2.27. The van der Waals surface area contributed by atoms with E-state index in [0.29, 0.717) is 42.1 Å². The monoisotopic (exact) mass is 345 g/mol. The van der Waals surface area contributed by atoms with Gasteiger partial charge in [-0.1, -0.05) is 24.3 Å². The van der Waals surface area contributed by atoms with Crippen molar-refractivity contribution in [1.82, 2.24) is 24.5 Å². The molecule has 0 fully saturated rings. The van der Waals surface area contributed by atoms with E-state index in [1.54, 1.807) is 23.4 Å². The van der Waals surface area contributed by atoms with Gasteiger partial charge in [0.1, 0.15) is 5.69 Å². The average Bonchev–Trinajstić information content (AvgIpc) is 3.15. The topological polar surface area (TPSA) is 83.4 Å². The van der Waals surface area contributed by atoms with Gasteiger partial charge in [-0.05, 0) is 17.9 Å². The van der Waals surface area contributed by atoms with Crippen LogP contribution in [0, 0.1) is 0 Å². The van der Waals surface area contributed by atoms with E-state index < -0.39 is 0 Å². The van der Waals surface area contributed by atoms with E-state index in [1.807, 2.05) is 30.3 Å². The highest BCUT2D eigenvalue weighted by molar-refractivity contribution is 6.05. The summed E-state index contributed by atoms with van der Waals surface area (Å²) in [6, 6.07) is 11.3. The first-order valence-electron chi connectivity index (χ1n) is 8.43. The molecule has 1 N–H and O–H groups in total. The minimum atomic E-state index is -0.136. The zero-order chi connectivity index (χ0) is 17.7. The first-order chi connectivity index (χ1) is 12.7. The Morgan fingerprint density at radius 3 is 2.96 bits per heavy atom. The fraction of sp³-hybridized carbons (Fsp3) is 0.158. The smallest absolute Gasteiger partial charge is 0.276 e. The number of H-pyrrole nitrogens is 1. The molecule has 1 aliphatic heterocycles. The number of hydrogen-bond donors (Lipinski definition) is 1. The minimum Gasteiger partial charge on any atom is -0.331 e. The van der Waals surface area contributed by atoms with Gasteiger partial charge in [0.2, 0.25) is 0 Å². The summed E-state index contributed by atoms with van der Waals surface area (Å²) in [4.78, 5) is 36.2. The molecule has 3 aromatic heterocycles. The molecule has 0 saturated carbocycles. The van der Waals surface area contributed by atoms with Crippen molar-refractivity contribution in [2.45, 2.75) is 13.0 Å². The molecule has 1 aromatic carbocycles. The molecule has 1 amide bonds. The van der Waals surface area contributed by atoms with Gasteiger partial charge in [-0.25, -0.2) is 9.50 Å². The quantitative estimate of drug-likeness (QED) is 0.570. The summed E-state index contributed by atoms with van der Waals surface area (Å²) >= 11 is 0. The SMILES string of the molecule is O=C(c1nccc2ccccc12)N1CCc2c(nc3cc[nH]n3c2=O)C1. The third kappa shape index (κ3) is 2.13. The first kappa shape index (κ1) is 14.8. The van der Waals surface area contributed by atoms with Gasteiger partial charge < -0.3 is 4.90 Å². The van der Waals surface area contributed by atoms with Crippen LogP contribution in [0.15, 0.2) is 53.6 Å². The number of pyridine rings is 1. The highest BCUT2D eigenvalue weighted by Gasteiger charge is 2.27. The van der Waals surface area contributed by atoms with Gasteiger partial charge in [0, 0.05) is 36.0 Å². The third-order valence-corrected chi connectivity index (χ3v) is 4.86. The number of nitrogens with one attached hydrogen (secondary N) is 1. The summed E-state index contributed by atoms with van der Waals surface area (Å²) in [6.07, 6.45) is 3.82. The molecule has 7 heteroatoms. The van der Waals surface area contributed by atoms with Crippen molar-refractivity contribution in [2.75, 3.05) is 6.54 Å². The van der Waals surface area contributed by atoms with Crippen LogP contribution in [0.2, 0.25) is 0 Å². The number of aromatic amines is 1. The van der Waals surface area contributed by atoms with E-state index in [0.717, 1.165) is 10.8 Å². The predicted molar refractivity (Wildman–Crippen MR) is 96.0 cm³/mol. The predicted octanol–water partition coefficient (Wildman–Crippen LogP) is 1.77. The largest absolute Gasteiger partial charge is 0.331 e. The molecule has 0 unspecified atom stereocenters. The van der Waals surface area contributed by atoms with Crippen LogP contribution in [0.3, 0.4) is 0 Å². The van der Waals surface area contributed by atoms with Crippen LogP contribution >= 0.6 is 0 Å². The average molecular weight is 345 g/mol. The van der Waals surface area contributed by atoms with E-state index >= 15 is 0 Å². The van der Waals surface area contributed by atoms with Crippen molar-refractivity contribution >= 4 is 22.3 Å². The summed E-state index contributed by atoms with van der Waals surface area (Å²) in [5, 5.41) is 4.68. The van der Waals surface area contributed by atoms with Gasteiger partial charge in [-0.2, -0.15) is 0 Å². The van der Waals surface area contributed by atoms with E-state index in [4.69, 9.17) is 0 Å². The number of fused-ring (bicyclic) bond motifs is 3. The Morgan fingerprint density at radius 2 is 2.04 bits per heavy atom. The second-order valence-corrected chi connectivity index (χ2v) is 6.36. The highest BCUT2D eigenvalue weighted by Crippen LogP contribution is 2.21. The number of nitrogens with zero attached hydrogens (tertiary/aromatic N) is 4. The molecular weight excluding hydrogens is 330 g/mol. The van der Waals surface area contributed by atoms with Gasteiger partial charge in [0.05, 0.1) is 12.2 Å². The molecule has 1 aliphatic rings. The highest BCUT2D eigenvalue weighted by atomic mass is 16.2. The van der Waals surface area contributed by atoms with Crippen LogP contribution in [0.5, 0.6) is 0 Å². The van der Waals surface area contributed by atoms with Gasteiger partial charge in [-0.3, -0.25) is 19.7 Å². The molecular formula is C19H15N5O2. The van der Waals surface area contributed by atoms with Crippen LogP contribution in [0.1, 0.15) is 21.7 Å². The summed E-state index contributed by atoms with van der Waals surface area (Å²) < 4.78 is 1.43. The molecule has 0 aliphatic carbocycles. The Kier molecular flexibility index (Phi) is 3.15. The number of benzene rings is 1. The van der Waals surface area contributed by atoms with Gasteiger partial charge >= 0.3 is 0 Å². The molecule has 0 spiro atoms. The van der Waals surface area contributed by atoms with Crippen molar-refractivity contribution in [2.24, 2.45) is 0 Å². The van der Waals surface area contributed by atoms with Crippen LogP contribution in [0.25, 0.3) is 16.4 Å². The normalized spacial score (nSPS) is 13.9. The standard InChI is InChI=1S/C19H15N5O2/c25-18-14-7-10-23(11-15(14)22-16-6-9-21-24(16)18)19(26)17-13-4-2-1-3-12(13)5-8-20-17/h1-6,8-9,21H,7,10-11H2. The fourth-order valence-electron chi connectivity index (χ4n) is 3.54. The molecule has 5 rings (SSSR count). The lowest BCUT2D eigenvalue weighted by atomic mass is 10.0. The second-order valence-electron chi connectivity index (χ2n) is 6.36. The fourth-order valence-corrected chi connectivity index (χ4v) is 3.54. The van der Waals surface area contributed by atoms with Crippen LogP contribution in [-0.4, -0.2) is 36.9 Å². The molecule has 7 nitrogen and oxygen atoms in total. The maximum atomic E-state index is 13.1. The van der Waals surface area contributed by atoms with Crippen LogP contribution in [-0.2, 0) is 13.0 Å². The van der Waals surface area contributed by atoms with E-state index in [2.05, 4.69) is 15.1 Å². The van der Waals surface area contributed by atoms with E-state index in [9.17, 15) is 9.59 Å². The number of rotatable bonds is 1. The number of carbonyl (C=O) groups is 1. The molecule has 0 saturated heterocycles. The third-order valence-electron chi connectivity index (χ3n) is 4.86. The van der Waals surface area contributed by atoms with Crippen molar-refractivity contribution in [1.29, 1.82) is 0 Å². The lowest BCUT2D eigenvalue weighted by molar-refractivity contribution is 0.0727. The molecule has 4 heterocycles. The Morgan fingerprint density at radius 1 is 1.15 bits per heavy atom. The molecule has 0 radical (unpaired) electrons. The number of hydrogen-bond acceptors (Lipinski definition) is 4. The van der Waals surface area contributed by atoms with Gasteiger partial charge in [0.25, 0.3) is 11.5 Å². The zero-order valence-electron chi connectivity index (χ0n) is 13.8. The zero-order valence-corrected chi connectivity index (χ0v) is 13.8. The molecule has 0 atom stereocenters. The van der Waals surface area contributed by atoms with Gasteiger partial charge in [0.15, 0.2) is 5.65 Å². The van der Waals surface area contributed by atoms with Crippen molar-refractivity contribution in [3.05, 3.63) is 76.1 Å². The van der Waals surface area contributed by atoms with Crippen LogP contribution < -0.4 is 5.56 Å². The summed E-state index contributed by atoms with van der Waals surface area (Å²) in [7, 11) is 0. The molecule has 128 valence electrons. The lowest BCUT2D eigenvalue weighted by Crippen LogP contribution is -2.40. The second kappa shape index (κ2) is 5.52. The Balaban J connectivity index is 1.55. The first-order valence-corrected chi connectivity index (χ1v) is 8.43. The molecule has 0 bridgehead atoms. The molecule has 4 aromatic rings. The van der Waals surface area contributed by atoms with Crippen molar-refractivity contribution in [3.63, 3.8) is 0 Å².